The van der Waals surface area contributed by atoms with Crippen LogP contribution in [0.25, 0.3) is 10.9 Å². The summed E-state index contributed by atoms with van der Waals surface area (Å²) in [4.78, 5) is 43.3. The van der Waals surface area contributed by atoms with Gasteiger partial charge >= 0.3 is 6.09 Å². The van der Waals surface area contributed by atoms with E-state index in [1.165, 1.54) is 4.57 Å². The summed E-state index contributed by atoms with van der Waals surface area (Å²) >= 11 is 5.22. The van der Waals surface area contributed by atoms with E-state index in [1.807, 2.05) is 6.92 Å². The maximum Gasteiger partial charge on any atom is 0.409 e. The summed E-state index contributed by atoms with van der Waals surface area (Å²) in [5.74, 6) is -0.139. The number of nitrogens with zero attached hydrogens (tertiary/aromatic N) is 3. The normalized spacial score (nSPS) is 14.4. The Hall–Kier alpha value is -2.68. The third kappa shape index (κ3) is 3.73. The molecule has 1 saturated heterocycles. The quantitative estimate of drug-likeness (QED) is 0.810. The van der Waals surface area contributed by atoms with Crippen LogP contribution in [-0.4, -0.2) is 64.1 Å². The minimum absolute atomic E-state index is 0.139. The number of hydrogen-bond acceptors (Lipinski definition) is 5. The first kappa shape index (κ1) is 19.1. The fraction of sp³-hybridized carbons (Fsp3) is 0.444. The zero-order valence-corrected chi connectivity index (χ0v) is 16.2. The van der Waals surface area contributed by atoms with E-state index in [0.29, 0.717) is 60.6 Å². The second-order valence-electron chi connectivity index (χ2n) is 6.22. The van der Waals surface area contributed by atoms with Gasteiger partial charge in [0, 0.05) is 38.3 Å². The van der Waals surface area contributed by atoms with Crippen LogP contribution >= 0.6 is 12.2 Å². The number of carbonyl (C=O) groups excluding carboxylic acids is 2. The summed E-state index contributed by atoms with van der Waals surface area (Å²) in [5, 5.41) is 0.495. The number of aromatic nitrogens is 2. The molecule has 8 nitrogen and oxygen atoms in total. The minimum Gasteiger partial charge on any atom is -0.450 e. The van der Waals surface area contributed by atoms with Crippen molar-refractivity contribution in [3.05, 3.63) is 38.9 Å². The Kier molecular flexibility index (Phi) is 5.59. The highest BCUT2D eigenvalue weighted by molar-refractivity contribution is 7.71. The van der Waals surface area contributed by atoms with Crippen LogP contribution in [0, 0.1) is 4.77 Å². The number of piperazine rings is 1. The van der Waals surface area contributed by atoms with E-state index in [9.17, 15) is 14.4 Å². The molecule has 2 aromatic rings. The molecule has 144 valence electrons. The third-order valence-corrected chi connectivity index (χ3v) is 4.96. The Morgan fingerprint density at radius 1 is 1.15 bits per heavy atom. The van der Waals surface area contributed by atoms with Crippen LogP contribution in [0.1, 0.15) is 24.2 Å². The summed E-state index contributed by atoms with van der Waals surface area (Å²) in [7, 11) is 0. The van der Waals surface area contributed by atoms with Crippen LogP contribution in [0.4, 0.5) is 4.79 Å². The summed E-state index contributed by atoms with van der Waals surface area (Å²) in [6.45, 7) is 6.16. The van der Waals surface area contributed by atoms with Crippen LogP contribution in [0.5, 0.6) is 0 Å². The molecule has 2 amide bonds. The molecule has 2 heterocycles. The van der Waals surface area contributed by atoms with Gasteiger partial charge in [0.25, 0.3) is 11.5 Å². The summed E-state index contributed by atoms with van der Waals surface area (Å²) in [6.07, 6.45) is -0.352. The van der Waals surface area contributed by atoms with Gasteiger partial charge in [-0.2, -0.15) is 0 Å². The number of nitrogens with one attached hydrogen (secondary N) is 1. The molecule has 1 aliphatic rings. The molecule has 3 rings (SSSR count). The zero-order valence-electron chi connectivity index (χ0n) is 15.4. The third-order valence-electron chi connectivity index (χ3n) is 4.64. The van der Waals surface area contributed by atoms with Gasteiger partial charge in [-0.3, -0.25) is 14.2 Å². The first-order valence-corrected chi connectivity index (χ1v) is 9.35. The number of amides is 2. The Labute approximate surface area is 161 Å². The van der Waals surface area contributed by atoms with Gasteiger partial charge < -0.3 is 19.5 Å². The SMILES string of the molecule is CCOC(=O)N1CCN(C(=O)c2ccc3c(=O)n(CC)c(=S)[nH]c3c2)CC1. The Morgan fingerprint density at radius 3 is 2.44 bits per heavy atom. The molecule has 0 saturated carbocycles. The lowest BCUT2D eigenvalue weighted by atomic mass is 10.1. The number of fused-ring (bicyclic) bond motifs is 1. The molecule has 1 aromatic heterocycles. The average molecular weight is 390 g/mol. The number of H-pyrrole nitrogens is 1. The summed E-state index contributed by atoms with van der Waals surface area (Å²) < 4.78 is 6.80. The molecular weight excluding hydrogens is 368 g/mol. The molecule has 0 spiro atoms. The van der Waals surface area contributed by atoms with E-state index in [2.05, 4.69) is 4.98 Å². The number of hydrogen-bond donors (Lipinski definition) is 1. The first-order chi connectivity index (χ1) is 13.0. The van der Waals surface area contributed by atoms with Crippen LogP contribution in [0.2, 0.25) is 0 Å². The van der Waals surface area contributed by atoms with E-state index in [-0.39, 0.29) is 17.6 Å². The highest BCUT2D eigenvalue weighted by Gasteiger charge is 2.25. The monoisotopic (exact) mass is 390 g/mol. The predicted molar refractivity (Wildman–Crippen MR) is 104 cm³/mol. The standard InChI is InChI=1S/C18H22N4O4S/c1-3-22-16(24)13-6-5-12(11-14(13)19-17(22)27)15(23)20-7-9-21(10-8-20)18(25)26-4-2/h5-6,11H,3-4,7-10H2,1-2H3,(H,19,27). The molecule has 0 atom stereocenters. The molecule has 1 N–H and O–H groups in total. The molecule has 9 heteroatoms. The molecule has 0 radical (unpaired) electrons. The lowest BCUT2D eigenvalue weighted by Gasteiger charge is -2.34. The number of ether oxygens (including phenoxy) is 1. The molecule has 1 fully saturated rings. The lowest BCUT2D eigenvalue weighted by molar-refractivity contribution is 0.0570. The molecule has 0 aliphatic carbocycles. The fourth-order valence-electron chi connectivity index (χ4n) is 3.16. The fourth-order valence-corrected chi connectivity index (χ4v) is 3.49. The number of carbonyl (C=O) groups is 2. The maximum atomic E-state index is 12.8. The highest BCUT2D eigenvalue weighted by Crippen LogP contribution is 2.14. The van der Waals surface area contributed by atoms with E-state index >= 15 is 0 Å². The van der Waals surface area contributed by atoms with Crippen molar-refractivity contribution in [2.24, 2.45) is 0 Å². The summed E-state index contributed by atoms with van der Waals surface area (Å²) in [6, 6.07) is 4.96. The first-order valence-electron chi connectivity index (χ1n) is 8.94. The minimum atomic E-state index is -0.352. The van der Waals surface area contributed by atoms with Crippen molar-refractivity contribution in [2.45, 2.75) is 20.4 Å². The van der Waals surface area contributed by atoms with Crippen molar-refractivity contribution in [1.82, 2.24) is 19.4 Å². The van der Waals surface area contributed by atoms with Gasteiger partial charge in [0.05, 0.1) is 17.5 Å². The van der Waals surface area contributed by atoms with Gasteiger partial charge in [-0.1, -0.05) is 0 Å². The zero-order chi connectivity index (χ0) is 19.6. The van der Waals surface area contributed by atoms with Crippen LogP contribution in [0.15, 0.2) is 23.0 Å². The largest absolute Gasteiger partial charge is 0.450 e. The van der Waals surface area contributed by atoms with Crippen molar-refractivity contribution in [3.8, 4) is 0 Å². The summed E-state index contributed by atoms with van der Waals surface area (Å²) in [5.41, 5.74) is 0.857. The van der Waals surface area contributed by atoms with Crippen LogP contribution in [0.3, 0.4) is 0 Å². The molecule has 1 aromatic carbocycles. The van der Waals surface area contributed by atoms with Gasteiger partial charge in [0.2, 0.25) is 0 Å². The Morgan fingerprint density at radius 2 is 1.81 bits per heavy atom. The van der Waals surface area contributed by atoms with Crippen molar-refractivity contribution < 1.29 is 14.3 Å². The molecule has 1 aliphatic heterocycles. The smallest absolute Gasteiger partial charge is 0.409 e. The second-order valence-corrected chi connectivity index (χ2v) is 6.60. The van der Waals surface area contributed by atoms with Gasteiger partial charge in [0.15, 0.2) is 4.77 Å². The lowest BCUT2D eigenvalue weighted by Crippen LogP contribution is -2.50. The molecule has 0 unspecified atom stereocenters. The second kappa shape index (κ2) is 7.91. The van der Waals surface area contributed by atoms with Gasteiger partial charge in [0.1, 0.15) is 0 Å². The van der Waals surface area contributed by atoms with Crippen molar-refractivity contribution >= 4 is 35.1 Å². The maximum absolute atomic E-state index is 12.8. The van der Waals surface area contributed by atoms with Crippen LogP contribution < -0.4 is 5.56 Å². The topological polar surface area (TPSA) is 87.6 Å². The van der Waals surface area contributed by atoms with Crippen molar-refractivity contribution in [2.75, 3.05) is 32.8 Å². The van der Waals surface area contributed by atoms with E-state index in [4.69, 9.17) is 17.0 Å². The van der Waals surface area contributed by atoms with Gasteiger partial charge in [-0.05, 0) is 44.3 Å². The number of benzene rings is 1. The van der Waals surface area contributed by atoms with E-state index < -0.39 is 0 Å². The van der Waals surface area contributed by atoms with Gasteiger partial charge in [-0.25, -0.2) is 4.79 Å². The highest BCUT2D eigenvalue weighted by atomic mass is 32.1. The molecule has 0 bridgehead atoms. The number of aromatic amines is 1. The average Bonchev–Trinajstić information content (AvgIpc) is 2.67. The van der Waals surface area contributed by atoms with Crippen molar-refractivity contribution in [3.63, 3.8) is 0 Å². The van der Waals surface area contributed by atoms with E-state index in [1.54, 1.807) is 34.9 Å². The van der Waals surface area contributed by atoms with Crippen molar-refractivity contribution in [1.29, 1.82) is 0 Å². The Bertz CT molecular complexity index is 989. The van der Waals surface area contributed by atoms with Crippen LogP contribution in [-0.2, 0) is 11.3 Å². The van der Waals surface area contributed by atoms with Gasteiger partial charge in [-0.15, -0.1) is 0 Å². The van der Waals surface area contributed by atoms with E-state index in [0.717, 1.165) is 0 Å². The predicted octanol–water partition coefficient (Wildman–Crippen LogP) is 1.99. The number of rotatable bonds is 3. The Balaban J connectivity index is 1.80. The molecule has 27 heavy (non-hydrogen) atoms. The molecular formula is C18H22N4O4S.